The summed E-state index contributed by atoms with van der Waals surface area (Å²) >= 11 is 0. The number of aliphatic carboxylic acids is 1. The van der Waals surface area contributed by atoms with Crippen molar-refractivity contribution in [2.45, 2.75) is 24.7 Å². The molecule has 1 aromatic carbocycles. The second-order valence-electron chi connectivity index (χ2n) is 5.75. The van der Waals surface area contributed by atoms with Gasteiger partial charge in [0.25, 0.3) is 0 Å². The Hall–Kier alpha value is -2.56. The van der Waals surface area contributed by atoms with Crippen LogP contribution in [-0.4, -0.2) is 20.9 Å². The van der Waals surface area contributed by atoms with Crippen LogP contribution in [0.1, 0.15) is 30.4 Å². The Labute approximate surface area is 129 Å². The molecule has 1 aliphatic rings. The van der Waals surface area contributed by atoms with E-state index in [0.29, 0.717) is 12.8 Å². The van der Waals surface area contributed by atoms with Crippen LogP contribution in [0.5, 0.6) is 0 Å². The number of carboxylic acid groups (broad SMARTS) is 1. The quantitative estimate of drug-likeness (QED) is 0.888. The zero-order valence-electron chi connectivity index (χ0n) is 12.5. The van der Waals surface area contributed by atoms with Gasteiger partial charge in [0.1, 0.15) is 0 Å². The van der Waals surface area contributed by atoms with Gasteiger partial charge >= 0.3 is 5.97 Å². The molecule has 1 saturated carbocycles. The normalized spacial score (nSPS) is 15.9. The van der Waals surface area contributed by atoms with Gasteiger partial charge in [0.2, 0.25) is 0 Å². The molecule has 114 valence electrons. The number of carboxylic acids is 1. The molecule has 1 aromatic heterocycles. The Balaban J connectivity index is 1.94. The van der Waals surface area contributed by atoms with Crippen LogP contribution in [0.25, 0.3) is 6.08 Å². The van der Waals surface area contributed by atoms with E-state index in [-0.39, 0.29) is 0 Å². The first kappa shape index (κ1) is 14.4. The SMILES string of the molecule is C=Cc1cc(C2(C(=O)O)CCC2)ccc1Nc1ccn(C)n1. The molecule has 0 bridgehead atoms. The Bertz CT molecular complexity index is 729. The van der Waals surface area contributed by atoms with Crippen LogP contribution in [0.2, 0.25) is 0 Å². The van der Waals surface area contributed by atoms with Crippen LogP contribution in [-0.2, 0) is 17.3 Å². The molecule has 5 nitrogen and oxygen atoms in total. The van der Waals surface area contributed by atoms with Crippen LogP contribution in [0.4, 0.5) is 11.5 Å². The van der Waals surface area contributed by atoms with Gasteiger partial charge in [0.15, 0.2) is 5.82 Å². The van der Waals surface area contributed by atoms with Gasteiger partial charge in [-0.3, -0.25) is 9.48 Å². The predicted molar refractivity (Wildman–Crippen MR) is 86.2 cm³/mol. The van der Waals surface area contributed by atoms with Crippen LogP contribution >= 0.6 is 0 Å². The van der Waals surface area contributed by atoms with E-state index in [1.165, 1.54) is 0 Å². The standard InChI is InChI=1S/C17H19N3O2/c1-3-12-11-13(17(16(21)22)8-4-9-17)5-6-14(12)18-15-7-10-20(2)19-15/h3,5-7,10-11H,1,4,8-9H2,2H3,(H,18,19)(H,21,22). The molecule has 0 amide bonds. The van der Waals surface area contributed by atoms with Gasteiger partial charge in [-0.05, 0) is 36.1 Å². The molecule has 2 N–H and O–H groups in total. The number of benzene rings is 1. The molecular formula is C17H19N3O2. The first-order chi connectivity index (χ1) is 10.5. The molecule has 1 heterocycles. The Morgan fingerprint density at radius 1 is 1.45 bits per heavy atom. The summed E-state index contributed by atoms with van der Waals surface area (Å²) in [5.74, 6) is 0.00846. The highest BCUT2D eigenvalue weighted by atomic mass is 16.4. The van der Waals surface area contributed by atoms with Gasteiger partial charge in [0, 0.05) is 25.0 Å². The number of aryl methyl sites for hydroxylation is 1. The minimum Gasteiger partial charge on any atom is -0.481 e. The second kappa shape index (κ2) is 5.33. The van der Waals surface area contributed by atoms with Crippen molar-refractivity contribution in [1.82, 2.24) is 9.78 Å². The van der Waals surface area contributed by atoms with Crippen molar-refractivity contribution in [1.29, 1.82) is 0 Å². The van der Waals surface area contributed by atoms with Crippen molar-refractivity contribution in [3.63, 3.8) is 0 Å². The molecule has 22 heavy (non-hydrogen) atoms. The van der Waals surface area contributed by atoms with Crippen molar-refractivity contribution < 1.29 is 9.90 Å². The van der Waals surface area contributed by atoms with Gasteiger partial charge in [-0.2, -0.15) is 5.10 Å². The smallest absolute Gasteiger partial charge is 0.314 e. The van der Waals surface area contributed by atoms with Crippen LogP contribution < -0.4 is 5.32 Å². The number of rotatable bonds is 5. The number of anilines is 2. The van der Waals surface area contributed by atoms with E-state index in [1.54, 1.807) is 10.8 Å². The third kappa shape index (κ3) is 2.28. The molecule has 1 aliphatic carbocycles. The highest BCUT2D eigenvalue weighted by Crippen LogP contribution is 2.45. The zero-order chi connectivity index (χ0) is 15.7. The van der Waals surface area contributed by atoms with Crippen LogP contribution in [0.15, 0.2) is 37.0 Å². The molecule has 0 spiro atoms. The number of carbonyl (C=O) groups is 1. The summed E-state index contributed by atoms with van der Waals surface area (Å²) in [6.45, 7) is 3.84. The first-order valence-corrected chi connectivity index (χ1v) is 7.32. The van der Waals surface area contributed by atoms with E-state index in [9.17, 15) is 9.90 Å². The fourth-order valence-electron chi connectivity index (χ4n) is 2.92. The molecule has 0 aliphatic heterocycles. The van der Waals surface area contributed by atoms with E-state index >= 15 is 0 Å². The van der Waals surface area contributed by atoms with Crippen molar-refractivity contribution in [3.8, 4) is 0 Å². The van der Waals surface area contributed by atoms with Gasteiger partial charge in [-0.1, -0.05) is 25.1 Å². The maximum absolute atomic E-state index is 11.6. The average molecular weight is 297 g/mol. The number of hydrogen-bond acceptors (Lipinski definition) is 3. The lowest BCUT2D eigenvalue weighted by molar-refractivity contribution is -0.147. The lowest BCUT2D eigenvalue weighted by Crippen LogP contribution is -2.42. The van der Waals surface area contributed by atoms with Crippen LogP contribution in [0, 0.1) is 0 Å². The van der Waals surface area contributed by atoms with Crippen molar-refractivity contribution in [2.24, 2.45) is 7.05 Å². The van der Waals surface area contributed by atoms with Gasteiger partial charge in [-0.25, -0.2) is 0 Å². The molecule has 1 fully saturated rings. The fourth-order valence-corrected chi connectivity index (χ4v) is 2.92. The minimum atomic E-state index is -0.737. The Morgan fingerprint density at radius 2 is 2.23 bits per heavy atom. The third-order valence-corrected chi connectivity index (χ3v) is 4.42. The molecule has 5 heteroatoms. The van der Waals surface area contributed by atoms with Gasteiger partial charge < -0.3 is 10.4 Å². The monoisotopic (exact) mass is 297 g/mol. The van der Waals surface area contributed by atoms with E-state index in [2.05, 4.69) is 17.0 Å². The number of nitrogens with one attached hydrogen (secondary N) is 1. The van der Waals surface area contributed by atoms with Gasteiger partial charge in [-0.15, -0.1) is 0 Å². The average Bonchev–Trinajstić information content (AvgIpc) is 2.84. The molecular weight excluding hydrogens is 278 g/mol. The third-order valence-electron chi connectivity index (χ3n) is 4.42. The maximum Gasteiger partial charge on any atom is 0.314 e. The summed E-state index contributed by atoms with van der Waals surface area (Å²) in [4.78, 5) is 11.6. The van der Waals surface area contributed by atoms with E-state index in [4.69, 9.17) is 0 Å². The second-order valence-corrected chi connectivity index (χ2v) is 5.75. The topological polar surface area (TPSA) is 67.2 Å². The fraction of sp³-hybridized carbons (Fsp3) is 0.294. The highest BCUT2D eigenvalue weighted by molar-refractivity contribution is 5.84. The number of aromatic nitrogens is 2. The highest BCUT2D eigenvalue weighted by Gasteiger charge is 2.45. The predicted octanol–water partition coefficient (Wildman–Crippen LogP) is 3.31. The molecule has 0 unspecified atom stereocenters. The maximum atomic E-state index is 11.6. The molecule has 0 saturated heterocycles. The molecule has 0 atom stereocenters. The summed E-state index contributed by atoms with van der Waals surface area (Å²) in [6.07, 6.45) is 5.96. The summed E-state index contributed by atoms with van der Waals surface area (Å²) in [6, 6.07) is 7.60. The molecule has 2 aromatic rings. The number of nitrogens with zero attached hydrogens (tertiary/aromatic N) is 2. The van der Waals surface area contributed by atoms with Crippen molar-refractivity contribution in [2.75, 3.05) is 5.32 Å². The lowest BCUT2D eigenvalue weighted by atomic mass is 9.64. The number of hydrogen-bond donors (Lipinski definition) is 2. The Kier molecular flexibility index (Phi) is 3.48. The largest absolute Gasteiger partial charge is 0.481 e. The molecule has 3 rings (SSSR count). The summed E-state index contributed by atoms with van der Waals surface area (Å²) < 4.78 is 1.72. The van der Waals surface area contributed by atoms with Crippen molar-refractivity contribution in [3.05, 3.63) is 48.2 Å². The summed E-state index contributed by atoms with van der Waals surface area (Å²) in [5, 5.41) is 17.1. The first-order valence-electron chi connectivity index (χ1n) is 7.32. The van der Waals surface area contributed by atoms with E-state index in [0.717, 1.165) is 29.1 Å². The van der Waals surface area contributed by atoms with E-state index in [1.807, 2.05) is 37.5 Å². The van der Waals surface area contributed by atoms with Crippen molar-refractivity contribution >= 4 is 23.6 Å². The molecule has 0 radical (unpaired) electrons. The minimum absolute atomic E-state index is 0.700. The lowest BCUT2D eigenvalue weighted by Gasteiger charge is -2.38. The zero-order valence-corrected chi connectivity index (χ0v) is 12.5. The van der Waals surface area contributed by atoms with E-state index < -0.39 is 11.4 Å². The van der Waals surface area contributed by atoms with Crippen LogP contribution in [0.3, 0.4) is 0 Å². The summed E-state index contributed by atoms with van der Waals surface area (Å²) in [5.41, 5.74) is 1.89. The Morgan fingerprint density at radius 3 is 2.73 bits per heavy atom. The van der Waals surface area contributed by atoms with Gasteiger partial charge in [0.05, 0.1) is 5.41 Å². The summed E-state index contributed by atoms with van der Waals surface area (Å²) in [7, 11) is 1.86.